The lowest BCUT2D eigenvalue weighted by Crippen LogP contribution is -2.64. The molecule has 4 aliphatic rings. The zero-order valence-corrected chi connectivity index (χ0v) is 22.9. The standard InChI is InChI=1S/C28H40ClN5O3/c1-21(35)31(2)28(8-4-9-28)26(37)34-13-10-27(11-14-34)20-23(30-25(27)36)7-12-32-15-17-33(18-16-32)24-6-3-5-22(29)19-24/h3,5-6,19,23H,4,7-18,20H2,1-2H3,(H,30,36)/t23-/m0/s1. The quantitative estimate of drug-likeness (QED) is 0.613. The molecule has 1 N–H and O–H groups in total. The Morgan fingerprint density at radius 1 is 1.08 bits per heavy atom. The number of hydrogen-bond donors (Lipinski definition) is 1. The maximum absolute atomic E-state index is 13.4. The van der Waals surface area contributed by atoms with Crippen LogP contribution in [-0.4, -0.2) is 96.9 Å². The van der Waals surface area contributed by atoms with Crippen molar-refractivity contribution in [3.05, 3.63) is 29.3 Å². The average molecular weight is 530 g/mol. The topological polar surface area (TPSA) is 76.2 Å². The Balaban J connectivity index is 1.09. The number of carbonyl (C=O) groups excluding carboxylic acids is 3. The van der Waals surface area contributed by atoms with Crippen LogP contribution in [0.1, 0.15) is 51.9 Å². The van der Waals surface area contributed by atoms with E-state index < -0.39 is 5.54 Å². The summed E-state index contributed by atoms with van der Waals surface area (Å²) in [4.78, 5) is 46.9. The summed E-state index contributed by atoms with van der Waals surface area (Å²) >= 11 is 6.16. The second-order valence-electron chi connectivity index (χ2n) is 11.5. The Bertz CT molecular complexity index is 1030. The van der Waals surface area contributed by atoms with Crippen LogP contribution in [0.15, 0.2) is 24.3 Å². The maximum Gasteiger partial charge on any atom is 0.248 e. The van der Waals surface area contributed by atoms with Gasteiger partial charge in [0.2, 0.25) is 17.7 Å². The number of piperazine rings is 1. The van der Waals surface area contributed by atoms with Crippen LogP contribution in [-0.2, 0) is 14.4 Å². The van der Waals surface area contributed by atoms with Crippen molar-refractivity contribution in [1.82, 2.24) is 20.0 Å². The number of halogens is 1. The van der Waals surface area contributed by atoms with Crippen molar-refractivity contribution >= 4 is 35.0 Å². The molecule has 0 aromatic heterocycles. The van der Waals surface area contributed by atoms with E-state index >= 15 is 0 Å². The molecule has 0 bridgehead atoms. The van der Waals surface area contributed by atoms with Crippen molar-refractivity contribution < 1.29 is 14.4 Å². The first-order chi connectivity index (χ1) is 17.7. The van der Waals surface area contributed by atoms with E-state index in [1.165, 1.54) is 12.6 Å². The predicted molar refractivity (Wildman–Crippen MR) is 145 cm³/mol. The van der Waals surface area contributed by atoms with E-state index in [2.05, 4.69) is 21.2 Å². The number of likely N-dealkylation sites (tertiary alicyclic amines) is 1. The molecule has 5 rings (SSSR count). The molecule has 1 aromatic carbocycles. The fourth-order valence-corrected chi connectivity index (χ4v) is 6.92. The molecule has 202 valence electrons. The van der Waals surface area contributed by atoms with Gasteiger partial charge in [0.15, 0.2) is 0 Å². The maximum atomic E-state index is 13.4. The minimum Gasteiger partial charge on any atom is -0.369 e. The van der Waals surface area contributed by atoms with E-state index in [0.29, 0.717) is 25.9 Å². The first-order valence-corrected chi connectivity index (χ1v) is 14.2. The SMILES string of the molecule is CC(=O)N(C)C1(C(=O)N2CCC3(CC2)C[C@H](CCN2CCN(c4cccc(Cl)c4)CC2)NC3=O)CCC1. The summed E-state index contributed by atoms with van der Waals surface area (Å²) in [6, 6.07) is 8.24. The summed E-state index contributed by atoms with van der Waals surface area (Å²) in [7, 11) is 1.75. The van der Waals surface area contributed by atoms with Crippen LogP contribution in [0, 0.1) is 5.41 Å². The average Bonchev–Trinajstić information content (AvgIpc) is 3.17. The van der Waals surface area contributed by atoms with E-state index in [1.54, 1.807) is 11.9 Å². The third-order valence-corrected chi connectivity index (χ3v) is 9.73. The van der Waals surface area contributed by atoms with Crippen LogP contribution in [0.4, 0.5) is 5.69 Å². The van der Waals surface area contributed by atoms with Gasteiger partial charge in [-0.1, -0.05) is 17.7 Å². The molecule has 8 nitrogen and oxygen atoms in total. The van der Waals surface area contributed by atoms with Gasteiger partial charge in [-0.15, -0.1) is 0 Å². The molecule has 1 aromatic rings. The lowest BCUT2D eigenvalue weighted by molar-refractivity contribution is -0.160. The highest BCUT2D eigenvalue weighted by molar-refractivity contribution is 6.30. The highest BCUT2D eigenvalue weighted by Gasteiger charge is 2.54. The summed E-state index contributed by atoms with van der Waals surface area (Å²) in [6.07, 6.45) is 5.67. The summed E-state index contributed by atoms with van der Waals surface area (Å²) in [5.74, 6) is 0.165. The molecule has 37 heavy (non-hydrogen) atoms. The van der Waals surface area contributed by atoms with Crippen LogP contribution >= 0.6 is 11.6 Å². The Hall–Kier alpha value is -2.32. The smallest absolute Gasteiger partial charge is 0.248 e. The number of likely N-dealkylation sites (N-methyl/N-ethyl adjacent to an activating group) is 1. The Morgan fingerprint density at radius 2 is 1.78 bits per heavy atom. The van der Waals surface area contributed by atoms with Gasteiger partial charge in [0.1, 0.15) is 5.54 Å². The predicted octanol–water partition coefficient (Wildman–Crippen LogP) is 2.75. The lowest BCUT2D eigenvalue weighted by Gasteiger charge is -2.50. The largest absolute Gasteiger partial charge is 0.369 e. The molecular formula is C28H40ClN5O3. The Kier molecular flexibility index (Phi) is 7.42. The van der Waals surface area contributed by atoms with E-state index in [9.17, 15) is 14.4 Å². The number of benzene rings is 1. The van der Waals surface area contributed by atoms with Crippen molar-refractivity contribution in [2.24, 2.45) is 5.41 Å². The van der Waals surface area contributed by atoms with Gasteiger partial charge in [0.25, 0.3) is 0 Å². The summed E-state index contributed by atoms with van der Waals surface area (Å²) in [6.45, 7) is 7.67. The minimum absolute atomic E-state index is 0.0644. The van der Waals surface area contributed by atoms with Crippen molar-refractivity contribution in [3.8, 4) is 0 Å². The molecule has 3 aliphatic heterocycles. The first kappa shape index (κ1) is 26.3. The monoisotopic (exact) mass is 529 g/mol. The molecule has 3 saturated heterocycles. The fourth-order valence-electron chi connectivity index (χ4n) is 6.74. The normalized spacial score (nSPS) is 25.1. The zero-order chi connectivity index (χ0) is 26.2. The lowest BCUT2D eigenvalue weighted by atomic mass is 9.72. The summed E-state index contributed by atoms with van der Waals surface area (Å²) < 4.78 is 0. The Morgan fingerprint density at radius 3 is 2.38 bits per heavy atom. The molecule has 1 spiro atoms. The van der Waals surface area contributed by atoms with Crippen LogP contribution in [0.5, 0.6) is 0 Å². The molecule has 3 heterocycles. The van der Waals surface area contributed by atoms with Gasteiger partial charge in [-0.05, 0) is 63.1 Å². The molecule has 1 saturated carbocycles. The van der Waals surface area contributed by atoms with E-state index in [-0.39, 0.29) is 29.2 Å². The molecule has 9 heteroatoms. The van der Waals surface area contributed by atoms with Gasteiger partial charge in [-0.3, -0.25) is 19.3 Å². The van der Waals surface area contributed by atoms with Gasteiger partial charge in [0.05, 0.1) is 5.41 Å². The van der Waals surface area contributed by atoms with E-state index in [0.717, 1.165) is 69.9 Å². The van der Waals surface area contributed by atoms with Gasteiger partial charge in [-0.2, -0.15) is 0 Å². The van der Waals surface area contributed by atoms with Crippen LogP contribution in [0.25, 0.3) is 0 Å². The van der Waals surface area contributed by atoms with Crippen molar-refractivity contribution in [2.45, 2.75) is 63.5 Å². The minimum atomic E-state index is -0.673. The van der Waals surface area contributed by atoms with Crippen LogP contribution in [0.3, 0.4) is 0 Å². The van der Waals surface area contributed by atoms with Gasteiger partial charge in [0, 0.05) is 76.5 Å². The van der Waals surface area contributed by atoms with Crippen LogP contribution < -0.4 is 10.2 Å². The molecule has 1 aliphatic carbocycles. The number of rotatable bonds is 6. The molecule has 0 unspecified atom stereocenters. The van der Waals surface area contributed by atoms with Gasteiger partial charge >= 0.3 is 0 Å². The number of piperidine rings is 1. The molecule has 3 amide bonds. The van der Waals surface area contributed by atoms with Gasteiger partial charge in [-0.25, -0.2) is 0 Å². The molecule has 1 atom stereocenters. The number of anilines is 1. The molecule has 0 radical (unpaired) electrons. The van der Waals surface area contributed by atoms with Gasteiger partial charge < -0.3 is 20.0 Å². The van der Waals surface area contributed by atoms with E-state index in [4.69, 9.17) is 11.6 Å². The van der Waals surface area contributed by atoms with Crippen LogP contribution in [0.2, 0.25) is 5.02 Å². The molecular weight excluding hydrogens is 490 g/mol. The first-order valence-electron chi connectivity index (χ1n) is 13.8. The number of carbonyl (C=O) groups is 3. The highest BCUT2D eigenvalue weighted by atomic mass is 35.5. The van der Waals surface area contributed by atoms with Crippen molar-refractivity contribution in [1.29, 1.82) is 0 Å². The number of amides is 3. The fraction of sp³-hybridized carbons (Fsp3) is 0.679. The zero-order valence-electron chi connectivity index (χ0n) is 22.2. The number of nitrogens with one attached hydrogen (secondary N) is 1. The summed E-state index contributed by atoms with van der Waals surface area (Å²) in [5.41, 5.74) is 0.151. The second-order valence-corrected chi connectivity index (χ2v) is 11.9. The summed E-state index contributed by atoms with van der Waals surface area (Å²) in [5, 5.41) is 4.05. The van der Waals surface area contributed by atoms with Crippen molar-refractivity contribution in [3.63, 3.8) is 0 Å². The highest BCUT2D eigenvalue weighted by Crippen LogP contribution is 2.44. The van der Waals surface area contributed by atoms with Crippen molar-refractivity contribution in [2.75, 3.05) is 57.8 Å². The third-order valence-electron chi connectivity index (χ3n) is 9.49. The van der Waals surface area contributed by atoms with E-state index in [1.807, 2.05) is 23.1 Å². The number of hydrogen-bond acceptors (Lipinski definition) is 5. The second kappa shape index (κ2) is 10.4. The number of nitrogens with zero attached hydrogens (tertiary/aromatic N) is 4. The third kappa shape index (κ3) is 5.07. The Labute approximate surface area is 225 Å². The molecule has 4 fully saturated rings.